The van der Waals surface area contributed by atoms with Crippen LogP contribution in [0.3, 0.4) is 0 Å². The van der Waals surface area contributed by atoms with Crippen molar-refractivity contribution in [2.45, 2.75) is 38.4 Å². The number of benzene rings is 1. The molecule has 2 aliphatic heterocycles. The molecular formula is C16H20N2O4. The number of hydrogen-bond acceptors (Lipinski definition) is 4. The first-order valence-corrected chi connectivity index (χ1v) is 7.72. The third kappa shape index (κ3) is 3.45. The van der Waals surface area contributed by atoms with Crippen LogP contribution in [-0.4, -0.2) is 31.3 Å². The van der Waals surface area contributed by atoms with E-state index in [1.807, 2.05) is 0 Å². The standard InChI is InChI=1S/C16H20N2O4/c19-14-4-3-10-18(14)13-8-6-12(7-9-13)16(20)17-22-15-5-1-2-11-21-15/h6-9,15H,1-5,10-11H2,(H,17,20)/t15-/m0/s1. The minimum absolute atomic E-state index is 0.134. The maximum absolute atomic E-state index is 12.0. The van der Waals surface area contributed by atoms with Crippen LogP contribution in [0.1, 0.15) is 42.5 Å². The third-order valence-electron chi connectivity index (χ3n) is 3.94. The van der Waals surface area contributed by atoms with Crippen LogP contribution >= 0.6 is 0 Å². The summed E-state index contributed by atoms with van der Waals surface area (Å²) in [6.07, 6.45) is 3.98. The van der Waals surface area contributed by atoms with Gasteiger partial charge in [-0.1, -0.05) is 0 Å². The first-order chi connectivity index (χ1) is 10.7. The van der Waals surface area contributed by atoms with E-state index in [2.05, 4.69) is 5.48 Å². The molecule has 1 N–H and O–H groups in total. The predicted octanol–water partition coefficient (Wildman–Crippen LogP) is 2.00. The molecule has 6 heteroatoms. The molecular weight excluding hydrogens is 284 g/mol. The highest BCUT2D eigenvalue weighted by Gasteiger charge is 2.22. The number of rotatable bonds is 4. The molecule has 0 bridgehead atoms. The van der Waals surface area contributed by atoms with Crippen molar-refractivity contribution in [3.8, 4) is 0 Å². The fourth-order valence-electron chi connectivity index (χ4n) is 2.70. The van der Waals surface area contributed by atoms with Gasteiger partial charge in [-0.3, -0.25) is 9.59 Å². The number of hydrogen-bond donors (Lipinski definition) is 1. The lowest BCUT2D eigenvalue weighted by Crippen LogP contribution is -2.33. The topological polar surface area (TPSA) is 67.9 Å². The lowest BCUT2D eigenvalue weighted by molar-refractivity contribution is -0.186. The van der Waals surface area contributed by atoms with Crippen LogP contribution in [0, 0.1) is 0 Å². The lowest BCUT2D eigenvalue weighted by atomic mass is 10.2. The summed E-state index contributed by atoms with van der Waals surface area (Å²) in [7, 11) is 0. The Kier molecular flexibility index (Phi) is 4.70. The van der Waals surface area contributed by atoms with E-state index in [1.54, 1.807) is 29.2 Å². The van der Waals surface area contributed by atoms with Gasteiger partial charge in [0.2, 0.25) is 5.91 Å². The van der Waals surface area contributed by atoms with Crippen LogP contribution in [0.5, 0.6) is 0 Å². The predicted molar refractivity (Wildman–Crippen MR) is 80.2 cm³/mol. The van der Waals surface area contributed by atoms with E-state index < -0.39 is 0 Å². The summed E-state index contributed by atoms with van der Waals surface area (Å²) in [5.74, 6) is -0.177. The molecule has 22 heavy (non-hydrogen) atoms. The fourth-order valence-corrected chi connectivity index (χ4v) is 2.70. The van der Waals surface area contributed by atoms with Crippen molar-refractivity contribution in [2.24, 2.45) is 0 Å². The van der Waals surface area contributed by atoms with Crippen LogP contribution in [0.4, 0.5) is 5.69 Å². The van der Waals surface area contributed by atoms with E-state index >= 15 is 0 Å². The molecule has 2 amide bonds. The van der Waals surface area contributed by atoms with Crippen LogP contribution in [0.25, 0.3) is 0 Å². The number of carbonyl (C=O) groups is 2. The maximum Gasteiger partial charge on any atom is 0.274 e. The zero-order chi connectivity index (χ0) is 15.4. The van der Waals surface area contributed by atoms with Crippen LogP contribution in [0.15, 0.2) is 24.3 Å². The van der Waals surface area contributed by atoms with Gasteiger partial charge in [-0.05, 0) is 43.5 Å². The highest BCUT2D eigenvalue weighted by Crippen LogP contribution is 2.21. The summed E-state index contributed by atoms with van der Waals surface area (Å²) in [6.45, 7) is 1.41. The number of hydroxylamine groups is 1. The maximum atomic E-state index is 12.0. The van der Waals surface area contributed by atoms with Gasteiger partial charge in [0, 0.05) is 37.2 Å². The van der Waals surface area contributed by atoms with E-state index in [-0.39, 0.29) is 18.1 Å². The summed E-state index contributed by atoms with van der Waals surface area (Å²) >= 11 is 0. The second-order valence-electron chi connectivity index (χ2n) is 5.54. The molecule has 0 saturated carbocycles. The van der Waals surface area contributed by atoms with Crippen molar-refractivity contribution < 1.29 is 19.2 Å². The van der Waals surface area contributed by atoms with Gasteiger partial charge >= 0.3 is 0 Å². The fraction of sp³-hybridized carbons (Fsp3) is 0.500. The van der Waals surface area contributed by atoms with E-state index in [0.29, 0.717) is 18.6 Å². The normalized spacial score (nSPS) is 21.9. The van der Waals surface area contributed by atoms with Gasteiger partial charge in [-0.2, -0.15) is 0 Å². The molecule has 0 radical (unpaired) electrons. The average molecular weight is 304 g/mol. The van der Waals surface area contributed by atoms with Gasteiger partial charge in [0.05, 0.1) is 0 Å². The molecule has 2 aliphatic rings. The summed E-state index contributed by atoms with van der Waals surface area (Å²) < 4.78 is 5.38. The van der Waals surface area contributed by atoms with Crippen molar-refractivity contribution in [2.75, 3.05) is 18.1 Å². The zero-order valence-electron chi connectivity index (χ0n) is 12.4. The van der Waals surface area contributed by atoms with Crippen molar-refractivity contribution in [3.05, 3.63) is 29.8 Å². The van der Waals surface area contributed by atoms with Gasteiger partial charge < -0.3 is 9.64 Å². The highest BCUT2D eigenvalue weighted by atomic mass is 16.8. The van der Waals surface area contributed by atoms with Crippen molar-refractivity contribution >= 4 is 17.5 Å². The second-order valence-corrected chi connectivity index (χ2v) is 5.54. The third-order valence-corrected chi connectivity index (χ3v) is 3.94. The summed E-state index contributed by atoms with van der Waals surface area (Å²) in [6, 6.07) is 6.97. The number of carbonyl (C=O) groups excluding carboxylic acids is 2. The summed E-state index contributed by atoms with van der Waals surface area (Å²) in [5, 5.41) is 0. The molecule has 6 nitrogen and oxygen atoms in total. The SMILES string of the molecule is O=C(NO[C@H]1CCCCO1)c1ccc(N2CCCC2=O)cc1. The monoisotopic (exact) mass is 304 g/mol. The smallest absolute Gasteiger partial charge is 0.274 e. The Bertz CT molecular complexity index is 538. The Morgan fingerprint density at radius 2 is 2.05 bits per heavy atom. The molecule has 2 saturated heterocycles. The Labute approximate surface area is 129 Å². The summed E-state index contributed by atoms with van der Waals surface area (Å²) in [4.78, 5) is 30.7. The number of nitrogens with zero attached hydrogens (tertiary/aromatic N) is 1. The lowest BCUT2D eigenvalue weighted by Gasteiger charge is -2.22. The number of amides is 2. The number of anilines is 1. The first kappa shape index (κ1) is 15.0. The van der Waals surface area contributed by atoms with Crippen LogP contribution in [0.2, 0.25) is 0 Å². The minimum atomic E-state index is -0.362. The molecule has 118 valence electrons. The first-order valence-electron chi connectivity index (χ1n) is 7.72. The molecule has 1 aromatic rings. The molecule has 1 atom stereocenters. The quantitative estimate of drug-likeness (QED) is 0.864. The van der Waals surface area contributed by atoms with Gasteiger partial charge in [0.25, 0.3) is 5.91 Å². The van der Waals surface area contributed by atoms with E-state index in [0.717, 1.165) is 37.9 Å². The zero-order valence-corrected chi connectivity index (χ0v) is 12.4. The molecule has 0 aromatic heterocycles. The van der Waals surface area contributed by atoms with E-state index in [1.165, 1.54) is 0 Å². The second kappa shape index (κ2) is 6.89. The molecule has 0 spiro atoms. The van der Waals surface area contributed by atoms with E-state index in [4.69, 9.17) is 9.57 Å². The molecule has 2 heterocycles. The molecule has 2 fully saturated rings. The highest BCUT2D eigenvalue weighted by molar-refractivity contribution is 5.97. The molecule has 0 aliphatic carbocycles. The molecule has 1 aromatic carbocycles. The number of nitrogens with one attached hydrogen (secondary N) is 1. The van der Waals surface area contributed by atoms with Gasteiger partial charge in [-0.15, -0.1) is 0 Å². The van der Waals surface area contributed by atoms with Crippen LogP contribution < -0.4 is 10.4 Å². The molecule has 3 rings (SSSR count). The largest absolute Gasteiger partial charge is 0.350 e. The Hall–Kier alpha value is -1.92. The Balaban J connectivity index is 1.55. The van der Waals surface area contributed by atoms with Crippen molar-refractivity contribution in [1.82, 2.24) is 5.48 Å². The minimum Gasteiger partial charge on any atom is -0.350 e. The van der Waals surface area contributed by atoms with Gasteiger partial charge in [0.1, 0.15) is 0 Å². The summed E-state index contributed by atoms with van der Waals surface area (Å²) in [5.41, 5.74) is 3.74. The van der Waals surface area contributed by atoms with E-state index in [9.17, 15) is 9.59 Å². The van der Waals surface area contributed by atoms with Crippen molar-refractivity contribution in [1.29, 1.82) is 0 Å². The van der Waals surface area contributed by atoms with Gasteiger partial charge in [-0.25, -0.2) is 10.3 Å². The number of ether oxygens (including phenoxy) is 1. The van der Waals surface area contributed by atoms with Crippen LogP contribution in [-0.2, 0) is 14.4 Å². The van der Waals surface area contributed by atoms with Gasteiger partial charge in [0.15, 0.2) is 6.29 Å². The Morgan fingerprint density at radius 1 is 1.23 bits per heavy atom. The molecule has 0 unspecified atom stereocenters. The van der Waals surface area contributed by atoms with Crippen molar-refractivity contribution in [3.63, 3.8) is 0 Å². The Morgan fingerprint density at radius 3 is 2.68 bits per heavy atom. The average Bonchev–Trinajstić information content (AvgIpc) is 3.00.